The molecule has 0 saturated carbocycles. The number of nitrogens with one attached hydrogen (secondary N) is 1. The second-order valence-electron chi connectivity index (χ2n) is 7.25. The van der Waals surface area contributed by atoms with E-state index in [1.54, 1.807) is 30.0 Å². The fourth-order valence-electron chi connectivity index (χ4n) is 3.38. The number of rotatable bonds is 8. The number of nitrogens with zero attached hydrogens (tertiary/aromatic N) is 4. The minimum atomic E-state index is -0.374. The Labute approximate surface area is 183 Å². The SMILES string of the molecule is COc1ccc(CC(=O)NCCn2ncc3c(=O)n(Cc4ccccc4F)cnc32)cc1. The molecule has 9 heteroatoms. The van der Waals surface area contributed by atoms with Crippen molar-refractivity contribution < 1.29 is 13.9 Å². The quantitative estimate of drug-likeness (QED) is 0.458. The molecular formula is C23H22FN5O3. The van der Waals surface area contributed by atoms with Crippen molar-refractivity contribution in [1.82, 2.24) is 24.6 Å². The highest BCUT2D eigenvalue weighted by molar-refractivity contribution is 5.78. The zero-order valence-electron chi connectivity index (χ0n) is 17.5. The maximum absolute atomic E-state index is 13.9. The maximum atomic E-state index is 13.9. The normalized spacial score (nSPS) is 10.9. The molecule has 0 spiro atoms. The number of halogens is 1. The first kappa shape index (κ1) is 21.2. The third kappa shape index (κ3) is 4.66. The highest BCUT2D eigenvalue weighted by Crippen LogP contribution is 2.12. The smallest absolute Gasteiger partial charge is 0.264 e. The van der Waals surface area contributed by atoms with Gasteiger partial charge in [0.05, 0.1) is 32.8 Å². The van der Waals surface area contributed by atoms with E-state index in [4.69, 9.17) is 4.74 Å². The molecule has 4 rings (SSSR count). The highest BCUT2D eigenvalue weighted by atomic mass is 19.1. The van der Waals surface area contributed by atoms with Crippen molar-refractivity contribution in [1.29, 1.82) is 0 Å². The van der Waals surface area contributed by atoms with Crippen molar-refractivity contribution in [3.8, 4) is 5.75 Å². The van der Waals surface area contributed by atoms with Crippen LogP contribution in [0.4, 0.5) is 4.39 Å². The molecule has 0 saturated heterocycles. The molecule has 0 aliphatic heterocycles. The molecule has 0 unspecified atom stereocenters. The lowest BCUT2D eigenvalue weighted by molar-refractivity contribution is -0.120. The Morgan fingerprint density at radius 1 is 1.16 bits per heavy atom. The van der Waals surface area contributed by atoms with Gasteiger partial charge in [-0.25, -0.2) is 14.1 Å². The summed E-state index contributed by atoms with van der Waals surface area (Å²) < 4.78 is 21.9. The summed E-state index contributed by atoms with van der Waals surface area (Å²) >= 11 is 0. The molecule has 2 heterocycles. The van der Waals surface area contributed by atoms with Gasteiger partial charge in [-0.2, -0.15) is 5.10 Å². The molecule has 1 amide bonds. The third-order valence-corrected chi connectivity index (χ3v) is 5.09. The summed E-state index contributed by atoms with van der Waals surface area (Å²) in [6.07, 6.45) is 3.09. The molecule has 4 aromatic rings. The zero-order valence-corrected chi connectivity index (χ0v) is 17.5. The minimum absolute atomic E-state index is 0.0844. The molecule has 164 valence electrons. The van der Waals surface area contributed by atoms with Crippen LogP contribution in [0.15, 0.2) is 65.8 Å². The number of amides is 1. The molecule has 2 aromatic heterocycles. The summed E-state index contributed by atoms with van der Waals surface area (Å²) in [4.78, 5) is 29.3. The van der Waals surface area contributed by atoms with Crippen molar-refractivity contribution in [2.45, 2.75) is 19.5 Å². The molecule has 32 heavy (non-hydrogen) atoms. The van der Waals surface area contributed by atoms with Crippen LogP contribution in [0.2, 0.25) is 0 Å². The van der Waals surface area contributed by atoms with E-state index in [0.717, 1.165) is 11.3 Å². The molecule has 8 nitrogen and oxygen atoms in total. The van der Waals surface area contributed by atoms with Crippen LogP contribution >= 0.6 is 0 Å². The van der Waals surface area contributed by atoms with Crippen LogP contribution in [0.3, 0.4) is 0 Å². The van der Waals surface area contributed by atoms with Gasteiger partial charge in [0, 0.05) is 12.1 Å². The van der Waals surface area contributed by atoms with E-state index in [1.165, 1.54) is 23.2 Å². The highest BCUT2D eigenvalue weighted by Gasteiger charge is 2.12. The van der Waals surface area contributed by atoms with Gasteiger partial charge in [-0.05, 0) is 23.8 Å². The van der Waals surface area contributed by atoms with Gasteiger partial charge in [-0.3, -0.25) is 14.2 Å². The predicted octanol–water partition coefficient (Wildman–Crippen LogP) is 2.15. The largest absolute Gasteiger partial charge is 0.497 e. The summed E-state index contributed by atoms with van der Waals surface area (Å²) in [7, 11) is 1.59. The van der Waals surface area contributed by atoms with Crippen molar-refractivity contribution in [3.63, 3.8) is 0 Å². The summed E-state index contributed by atoms with van der Waals surface area (Å²) in [5, 5.41) is 7.41. The number of hydrogen-bond donors (Lipinski definition) is 1. The van der Waals surface area contributed by atoms with Crippen LogP contribution in [0.25, 0.3) is 11.0 Å². The number of hydrogen-bond acceptors (Lipinski definition) is 5. The molecule has 0 aliphatic rings. The second-order valence-corrected chi connectivity index (χ2v) is 7.25. The molecule has 0 radical (unpaired) electrons. The van der Waals surface area contributed by atoms with Crippen molar-refractivity contribution in [3.05, 3.63) is 88.4 Å². The monoisotopic (exact) mass is 435 g/mol. The number of fused-ring (bicyclic) bond motifs is 1. The Kier molecular flexibility index (Phi) is 6.25. The number of carbonyl (C=O) groups excluding carboxylic acids is 1. The topological polar surface area (TPSA) is 91.0 Å². The van der Waals surface area contributed by atoms with E-state index < -0.39 is 0 Å². The van der Waals surface area contributed by atoms with Crippen molar-refractivity contribution in [2.24, 2.45) is 0 Å². The first-order valence-electron chi connectivity index (χ1n) is 10.1. The number of carbonyl (C=O) groups is 1. The Morgan fingerprint density at radius 3 is 2.69 bits per heavy atom. The molecule has 2 aromatic carbocycles. The minimum Gasteiger partial charge on any atom is -0.497 e. The molecule has 0 atom stereocenters. The number of benzene rings is 2. The van der Waals surface area contributed by atoms with Crippen LogP contribution in [0, 0.1) is 5.82 Å². The van der Waals surface area contributed by atoms with Gasteiger partial charge in [0.2, 0.25) is 5.91 Å². The van der Waals surface area contributed by atoms with Crippen LogP contribution in [0.1, 0.15) is 11.1 Å². The Morgan fingerprint density at radius 2 is 1.94 bits per heavy atom. The van der Waals surface area contributed by atoms with Gasteiger partial charge < -0.3 is 10.1 Å². The Hall–Kier alpha value is -4.01. The van der Waals surface area contributed by atoms with E-state index in [0.29, 0.717) is 29.7 Å². The molecule has 0 bridgehead atoms. The van der Waals surface area contributed by atoms with E-state index in [1.807, 2.05) is 24.3 Å². The summed E-state index contributed by atoms with van der Waals surface area (Å²) in [5.74, 6) is 0.243. The fourth-order valence-corrected chi connectivity index (χ4v) is 3.38. The molecule has 0 aliphatic carbocycles. The number of methoxy groups -OCH3 is 1. The molecular weight excluding hydrogens is 413 g/mol. The van der Waals surface area contributed by atoms with Gasteiger partial charge in [0.25, 0.3) is 5.56 Å². The molecule has 0 fully saturated rings. The van der Waals surface area contributed by atoms with Crippen LogP contribution in [0.5, 0.6) is 5.75 Å². The third-order valence-electron chi connectivity index (χ3n) is 5.09. The Bertz CT molecular complexity index is 1300. The van der Waals surface area contributed by atoms with Crippen LogP contribution in [-0.2, 0) is 24.3 Å². The first-order valence-corrected chi connectivity index (χ1v) is 10.1. The summed E-state index contributed by atoms with van der Waals surface area (Å²) in [6, 6.07) is 13.6. The van der Waals surface area contributed by atoms with Gasteiger partial charge in [-0.1, -0.05) is 30.3 Å². The van der Waals surface area contributed by atoms with Crippen LogP contribution < -0.4 is 15.6 Å². The lowest BCUT2D eigenvalue weighted by Crippen LogP contribution is -2.29. The molecule has 1 N–H and O–H groups in total. The van der Waals surface area contributed by atoms with Gasteiger partial charge in [-0.15, -0.1) is 0 Å². The zero-order chi connectivity index (χ0) is 22.5. The average molecular weight is 435 g/mol. The van der Waals surface area contributed by atoms with Gasteiger partial charge in [0.15, 0.2) is 5.65 Å². The standard InChI is InChI=1S/C23H22FN5O3/c1-32-18-8-6-16(7-9-18)12-21(30)25-10-11-29-22-19(13-27-29)23(31)28(15-26-22)14-17-4-2-3-5-20(17)24/h2-9,13,15H,10-12,14H2,1H3,(H,25,30). The Balaban J connectivity index is 1.38. The van der Waals surface area contributed by atoms with Crippen molar-refractivity contribution in [2.75, 3.05) is 13.7 Å². The number of aromatic nitrogens is 4. The second kappa shape index (κ2) is 9.42. The maximum Gasteiger partial charge on any atom is 0.264 e. The van der Waals surface area contributed by atoms with E-state index >= 15 is 0 Å². The number of ether oxygens (including phenoxy) is 1. The van der Waals surface area contributed by atoms with E-state index in [-0.39, 0.29) is 30.2 Å². The summed E-state index contributed by atoms with van der Waals surface area (Å²) in [6.45, 7) is 0.786. The van der Waals surface area contributed by atoms with Gasteiger partial charge in [0.1, 0.15) is 23.3 Å². The predicted molar refractivity (Wildman–Crippen MR) is 117 cm³/mol. The van der Waals surface area contributed by atoms with E-state index in [2.05, 4.69) is 15.4 Å². The van der Waals surface area contributed by atoms with Crippen LogP contribution in [-0.4, -0.2) is 38.9 Å². The lowest BCUT2D eigenvalue weighted by atomic mass is 10.1. The van der Waals surface area contributed by atoms with Crippen molar-refractivity contribution >= 4 is 16.9 Å². The lowest BCUT2D eigenvalue weighted by Gasteiger charge is -2.08. The fraction of sp³-hybridized carbons (Fsp3) is 0.217. The first-order chi connectivity index (χ1) is 15.5. The van der Waals surface area contributed by atoms with E-state index in [9.17, 15) is 14.0 Å². The summed E-state index contributed by atoms with van der Waals surface area (Å²) in [5.41, 5.74) is 1.41. The van der Waals surface area contributed by atoms with Gasteiger partial charge >= 0.3 is 0 Å². The average Bonchev–Trinajstić information content (AvgIpc) is 3.21.